The fourth-order valence-corrected chi connectivity index (χ4v) is 1.57. The van der Waals surface area contributed by atoms with E-state index < -0.39 is 0 Å². The minimum Gasteiger partial charge on any atom is -0.395 e. The van der Waals surface area contributed by atoms with Crippen LogP contribution in [0.15, 0.2) is 6.07 Å². The molecule has 0 aromatic carbocycles. The quantitative estimate of drug-likeness (QED) is 0.823. The van der Waals surface area contributed by atoms with Crippen molar-refractivity contribution in [3.63, 3.8) is 0 Å². The molecule has 1 aromatic rings. The zero-order chi connectivity index (χ0) is 14.8. The maximum absolute atomic E-state index is 8.99. The van der Waals surface area contributed by atoms with E-state index in [1.807, 2.05) is 26.8 Å². The second-order valence-electron chi connectivity index (χ2n) is 4.32. The largest absolute Gasteiger partial charge is 0.395 e. The number of hydrogen-bond donors (Lipinski definition) is 2. The molecule has 0 saturated heterocycles. The van der Waals surface area contributed by atoms with Crippen LogP contribution in [0.4, 0.5) is 5.95 Å². The molecular formula is C14H27N3O2. The van der Waals surface area contributed by atoms with Crippen LogP contribution in [-0.2, 0) is 0 Å². The van der Waals surface area contributed by atoms with Gasteiger partial charge >= 0.3 is 0 Å². The second-order valence-corrected chi connectivity index (χ2v) is 4.32. The van der Waals surface area contributed by atoms with E-state index in [4.69, 9.17) is 10.2 Å². The molecule has 0 bridgehead atoms. The summed E-state index contributed by atoms with van der Waals surface area (Å²) in [6.07, 6.45) is 0. The molecule has 0 aliphatic rings. The van der Waals surface area contributed by atoms with Gasteiger partial charge in [0.2, 0.25) is 5.95 Å². The van der Waals surface area contributed by atoms with Crippen LogP contribution >= 0.6 is 0 Å². The third-order valence-electron chi connectivity index (χ3n) is 2.48. The van der Waals surface area contributed by atoms with Crippen LogP contribution in [0.2, 0.25) is 0 Å². The molecule has 1 rings (SSSR count). The van der Waals surface area contributed by atoms with Crippen LogP contribution in [-0.4, -0.2) is 46.5 Å². The summed E-state index contributed by atoms with van der Waals surface area (Å²) in [6.45, 7) is 11.0. The van der Waals surface area contributed by atoms with Gasteiger partial charge < -0.3 is 15.1 Å². The molecule has 0 amide bonds. The third-order valence-corrected chi connectivity index (χ3v) is 2.48. The van der Waals surface area contributed by atoms with E-state index in [-0.39, 0.29) is 13.2 Å². The number of hydrogen-bond acceptors (Lipinski definition) is 5. The summed E-state index contributed by atoms with van der Waals surface area (Å²) in [5.74, 6) is 0.914. The average Bonchev–Trinajstić information content (AvgIpc) is 2.40. The normalized spacial score (nSPS) is 10.1. The molecule has 2 N–H and O–H groups in total. The lowest BCUT2D eigenvalue weighted by molar-refractivity contribution is 0.280. The molecule has 5 nitrogen and oxygen atoms in total. The number of aromatic nitrogens is 2. The molecule has 5 heteroatoms. The van der Waals surface area contributed by atoms with Gasteiger partial charge in [0, 0.05) is 24.5 Å². The SMILES string of the molecule is CC.Cc1cc(C(C)C)nc(N(CCO)CCO)n1. The Labute approximate surface area is 116 Å². The van der Waals surface area contributed by atoms with E-state index in [0.29, 0.717) is 25.0 Å². The molecule has 0 aliphatic heterocycles. The molecule has 0 aliphatic carbocycles. The number of nitrogens with zero attached hydrogens (tertiary/aromatic N) is 3. The molecule has 0 unspecified atom stereocenters. The van der Waals surface area contributed by atoms with Gasteiger partial charge in [0.05, 0.1) is 13.2 Å². The first-order valence-corrected chi connectivity index (χ1v) is 6.90. The smallest absolute Gasteiger partial charge is 0.225 e. The van der Waals surface area contributed by atoms with E-state index in [2.05, 4.69) is 23.8 Å². The van der Waals surface area contributed by atoms with Gasteiger partial charge in [-0.15, -0.1) is 0 Å². The first kappa shape index (κ1) is 17.8. The molecule has 0 saturated carbocycles. The fraction of sp³-hybridized carbons (Fsp3) is 0.714. The van der Waals surface area contributed by atoms with Crippen LogP contribution in [0.3, 0.4) is 0 Å². The molecule has 0 atom stereocenters. The van der Waals surface area contributed by atoms with Crippen LogP contribution in [0.25, 0.3) is 0 Å². The number of aliphatic hydroxyl groups is 2. The van der Waals surface area contributed by atoms with Gasteiger partial charge in [-0.05, 0) is 18.9 Å². The Balaban J connectivity index is 0.00000154. The highest BCUT2D eigenvalue weighted by Crippen LogP contribution is 2.16. The number of aliphatic hydroxyl groups excluding tert-OH is 2. The zero-order valence-corrected chi connectivity index (χ0v) is 12.7. The number of aryl methyl sites for hydroxylation is 1. The maximum atomic E-state index is 8.99. The van der Waals surface area contributed by atoms with Crippen LogP contribution in [0.5, 0.6) is 0 Å². The van der Waals surface area contributed by atoms with Gasteiger partial charge in [0.1, 0.15) is 0 Å². The minimum atomic E-state index is 0.0221. The van der Waals surface area contributed by atoms with Crippen LogP contribution < -0.4 is 4.90 Å². The molecule has 1 aromatic heterocycles. The monoisotopic (exact) mass is 269 g/mol. The van der Waals surface area contributed by atoms with Crippen molar-refractivity contribution in [3.8, 4) is 0 Å². The van der Waals surface area contributed by atoms with Crippen molar-refractivity contribution in [2.45, 2.75) is 40.5 Å². The predicted octanol–water partition coefficient (Wildman–Crippen LogP) is 1.73. The van der Waals surface area contributed by atoms with E-state index >= 15 is 0 Å². The number of anilines is 1. The molecule has 19 heavy (non-hydrogen) atoms. The Kier molecular flexibility index (Phi) is 9.08. The van der Waals surface area contributed by atoms with Crippen LogP contribution in [0.1, 0.15) is 45.0 Å². The molecule has 1 heterocycles. The molecule has 0 fully saturated rings. The highest BCUT2D eigenvalue weighted by atomic mass is 16.3. The maximum Gasteiger partial charge on any atom is 0.225 e. The second kappa shape index (κ2) is 9.69. The summed E-state index contributed by atoms with van der Waals surface area (Å²) in [6, 6.07) is 1.96. The van der Waals surface area contributed by atoms with Crippen molar-refractivity contribution in [3.05, 3.63) is 17.5 Å². The topological polar surface area (TPSA) is 69.5 Å². The molecule has 0 spiro atoms. The van der Waals surface area contributed by atoms with Crippen molar-refractivity contribution >= 4 is 5.95 Å². The van der Waals surface area contributed by atoms with Gasteiger partial charge in [-0.25, -0.2) is 9.97 Å². The third kappa shape index (κ3) is 5.98. The van der Waals surface area contributed by atoms with Gasteiger partial charge in [-0.1, -0.05) is 27.7 Å². The van der Waals surface area contributed by atoms with Crippen LogP contribution in [0, 0.1) is 6.92 Å². The average molecular weight is 269 g/mol. The Bertz CT molecular complexity index is 351. The molecule has 0 radical (unpaired) electrons. The molecule has 110 valence electrons. The first-order valence-electron chi connectivity index (χ1n) is 6.90. The van der Waals surface area contributed by atoms with Crippen molar-refractivity contribution < 1.29 is 10.2 Å². The van der Waals surface area contributed by atoms with E-state index in [1.165, 1.54) is 0 Å². The van der Waals surface area contributed by atoms with E-state index in [1.54, 1.807) is 4.90 Å². The van der Waals surface area contributed by atoms with Gasteiger partial charge in [-0.3, -0.25) is 0 Å². The van der Waals surface area contributed by atoms with Crippen molar-refractivity contribution in [2.24, 2.45) is 0 Å². The van der Waals surface area contributed by atoms with Crippen molar-refractivity contribution in [2.75, 3.05) is 31.2 Å². The lowest BCUT2D eigenvalue weighted by atomic mass is 10.1. The highest BCUT2D eigenvalue weighted by Gasteiger charge is 2.11. The summed E-state index contributed by atoms with van der Waals surface area (Å²) in [5, 5.41) is 18.0. The lowest BCUT2D eigenvalue weighted by Crippen LogP contribution is -2.31. The standard InChI is InChI=1S/C12H21N3O2.C2H6/c1-9(2)11-8-10(3)13-12(14-11)15(4-6-16)5-7-17;1-2/h8-9,16-17H,4-7H2,1-3H3;1-2H3. The minimum absolute atomic E-state index is 0.0221. The van der Waals surface area contributed by atoms with E-state index in [0.717, 1.165) is 11.4 Å². The first-order chi connectivity index (χ1) is 9.08. The van der Waals surface area contributed by atoms with Gasteiger partial charge in [-0.2, -0.15) is 0 Å². The summed E-state index contributed by atoms with van der Waals surface area (Å²) in [4.78, 5) is 10.6. The predicted molar refractivity (Wildman–Crippen MR) is 78.6 cm³/mol. The Morgan fingerprint density at radius 3 is 2.05 bits per heavy atom. The Morgan fingerprint density at radius 2 is 1.63 bits per heavy atom. The summed E-state index contributed by atoms with van der Waals surface area (Å²) >= 11 is 0. The summed E-state index contributed by atoms with van der Waals surface area (Å²) in [5.41, 5.74) is 1.88. The van der Waals surface area contributed by atoms with E-state index in [9.17, 15) is 0 Å². The highest BCUT2D eigenvalue weighted by molar-refractivity contribution is 5.33. The summed E-state index contributed by atoms with van der Waals surface area (Å²) < 4.78 is 0. The van der Waals surface area contributed by atoms with Gasteiger partial charge in [0.25, 0.3) is 0 Å². The Hall–Kier alpha value is -1.20. The molecular weight excluding hydrogens is 242 g/mol. The fourth-order valence-electron chi connectivity index (χ4n) is 1.57. The Morgan fingerprint density at radius 1 is 1.11 bits per heavy atom. The lowest BCUT2D eigenvalue weighted by Gasteiger charge is -2.21. The zero-order valence-electron chi connectivity index (χ0n) is 12.7. The van der Waals surface area contributed by atoms with Crippen molar-refractivity contribution in [1.29, 1.82) is 0 Å². The van der Waals surface area contributed by atoms with Crippen molar-refractivity contribution in [1.82, 2.24) is 9.97 Å². The number of rotatable bonds is 6. The van der Waals surface area contributed by atoms with Gasteiger partial charge in [0.15, 0.2) is 0 Å². The summed E-state index contributed by atoms with van der Waals surface area (Å²) in [7, 11) is 0.